The minimum Gasteiger partial charge on any atom is -0.493 e. The second-order valence-electron chi connectivity index (χ2n) is 5.10. The molecule has 0 amide bonds. The molecule has 0 radical (unpaired) electrons. The van der Waals surface area contributed by atoms with Gasteiger partial charge < -0.3 is 24.3 Å². The van der Waals surface area contributed by atoms with E-state index in [0.29, 0.717) is 15.8 Å². The Bertz CT molecular complexity index is 1000. The van der Waals surface area contributed by atoms with E-state index in [2.05, 4.69) is 30.6 Å². The third-order valence-corrected chi connectivity index (χ3v) is 4.04. The number of aromatic amines is 1. The van der Waals surface area contributed by atoms with Gasteiger partial charge in [0.15, 0.2) is 18.1 Å². The number of hydrogen-bond acceptors (Lipinski definition) is 9. The summed E-state index contributed by atoms with van der Waals surface area (Å²) >= 11 is 3.33. The highest BCUT2D eigenvalue weighted by Gasteiger charge is 2.21. The maximum Gasteiger partial charge on any atom is 0.395 e. The Balaban J connectivity index is 2.32. The minimum absolute atomic E-state index is 0.0926. The molecule has 0 aliphatic heterocycles. The van der Waals surface area contributed by atoms with Crippen LogP contribution in [0.2, 0.25) is 0 Å². The Morgan fingerprint density at radius 1 is 1.36 bits per heavy atom. The van der Waals surface area contributed by atoms with Gasteiger partial charge in [-0.15, -0.1) is 0 Å². The van der Waals surface area contributed by atoms with Crippen molar-refractivity contribution in [1.82, 2.24) is 9.97 Å². The summed E-state index contributed by atoms with van der Waals surface area (Å²) < 4.78 is 15.6. The molecule has 2 N–H and O–H groups in total. The number of aromatic nitrogens is 2. The molecule has 0 bridgehead atoms. The molecule has 0 aliphatic carbocycles. The maximum atomic E-state index is 11.7. The van der Waals surface area contributed by atoms with Crippen LogP contribution in [0.3, 0.4) is 0 Å². The lowest BCUT2D eigenvalue weighted by Crippen LogP contribution is -2.14. The monoisotopic (exact) mass is 455 g/mol. The molecule has 1 heterocycles. The molecule has 0 unspecified atom stereocenters. The normalized spacial score (nSPS) is 10.7. The molecule has 0 spiro atoms. The molecule has 2 aromatic rings. The zero-order valence-electron chi connectivity index (χ0n) is 14.6. The Kier molecular flexibility index (Phi) is 6.71. The standard InChI is InChI=1S/C16H14BrN3O8/c1-26-10-5-8(9(17)6-11(10)28-7-13(21)27-2)3-4-12-18-15(22)14(20(24)25)16(23)19-12/h3-6H,7H2,1-2H3,(H2,18,19,22,23)/b4-3+. The average Bonchev–Trinajstić information content (AvgIpc) is 2.64. The lowest BCUT2D eigenvalue weighted by Gasteiger charge is -2.12. The molecule has 0 fully saturated rings. The summed E-state index contributed by atoms with van der Waals surface area (Å²) in [6, 6.07) is 3.14. The molecular formula is C16H14BrN3O8. The number of nitrogens with one attached hydrogen (secondary N) is 1. The van der Waals surface area contributed by atoms with Gasteiger partial charge in [0.05, 0.1) is 19.1 Å². The average molecular weight is 456 g/mol. The fourth-order valence-electron chi connectivity index (χ4n) is 2.03. The third kappa shape index (κ3) is 4.85. The van der Waals surface area contributed by atoms with Gasteiger partial charge in [0, 0.05) is 4.47 Å². The van der Waals surface area contributed by atoms with Crippen LogP contribution in [0.25, 0.3) is 12.2 Å². The van der Waals surface area contributed by atoms with E-state index in [1.54, 1.807) is 12.1 Å². The maximum absolute atomic E-state index is 11.7. The van der Waals surface area contributed by atoms with Crippen molar-refractivity contribution in [1.29, 1.82) is 0 Å². The number of esters is 1. The van der Waals surface area contributed by atoms with Crippen LogP contribution in [0.1, 0.15) is 11.4 Å². The minimum atomic E-state index is -1.08. The lowest BCUT2D eigenvalue weighted by molar-refractivity contribution is -0.387. The van der Waals surface area contributed by atoms with E-state index < -0.39 is 28.0 Å². The van der Waals surface area contributed by atoms with Crippen molar-refractivity contribution in [2.24, 2.45) is 0 Å². The fourth-order valence-corrected chi connectivity index (χ4v) is 2.49. The number of nitrogens with zero attached hydrogens (tertiary/aromatic N) is 2. The van der Waals surface area contributed by atoms with Gasteiger partial charge in [-0.25, -0.2) is 4.79 Å². The van der Waals surface area contributed by atoms with Crippen LogP contribution in [0.5, 0.6) is 17.4 Å². The first-order valence-electron chi connectivity index (χ1n) is 7.49. The predicted octanol–water partition coefficient (Wildman–Crippen LogP) is 1.88. The van der Waals surface area contributed by atoms with Gasteiger partial charge in [0.2, 0.25) is 0 Å². The number of nitro groups is 1. The second kappa shape index (κ2) is 8.99. The Morgan fingerprint density at radius 2 is 2.07 bits per heavy atom. The van der Waals surface area contributed by atoms with Crippen molar-refractivity contribution in [2.45, 2.75) is 0 Å². The summed E-state index contributed by atoms with van der Waals surface area (Å²) in [6.45, 7) is -0.304. The topological polar surface area (TPSA) is 154 Å². The van der Waals surface area contributed by atoms with Crippen LogP contribution in [0, 0.1) is 10.1 Å². The first-order valence-corrected chi connectivity index (χ1v) is 8.29. The van der Waals surface area contributed by atoms with Crippen molar-refractivity contribution < 1.29 is 29.0 Å². The molecule has 1 aromatic carbocycles. The number of rotatable bonds is 7. The van der Waals surface area contributed by atoms with Crippen LogP contribution in [0.15, 0.2) is 21.4 Å². The van der Waals surface area contributed by atoms with Crippen LogP contribution in [0.4, 0.5) is 5.69 Å². The van der Waals surface area contributed by atoms with E-state index in [4.69, 9.17) is 9.47 Å². The molecule has 1 aromatic heterocycles. The smallest absolute Gasteiger partial charge is 0.395 e. The first kappa shape index (κ1) is 20.9. The molecule has 0 saturated heterocycles. The summed E-state index contributed by atoms with van der Waals surface area (Å²) in [6.07, 6.45) is 2.85. The number of halogens is 1. The highest BCUT2D eigenvalue weighted by atomic mass is 79.9. The summed E-state index contributed by atoms with van der Waals surface area (Å²) in [5, 5.41) is 20.2. The van der Waals surface area contributed by atoms with E-state index in [1.807, 2.05) is 0 Å². The zero-order chi connectivity index (χ0) is 20.8. The fraction of sp³-hybridized carbons (Fsp3) is 0.188. The predicted molar refractivity (Wildman–Crippen MR) is 100 cm³/mol. The van der Waals surface area contributed by atoms with E-state index >= 15 is 0 Å². The van der Waals surface area contributed by atoms with Crippen molar-refractivity contribution in [3.05, 3.63) is 48.5 Å². The number of H-pyrrole nitrogens is 1. The highest BCUT2D eigenvalue weighted by molar-refractivity contribution is 9.10. The number of hydrogen-bond donors (Lipinski definition) is 2. The molecule has 12 heteroatoms. The third-order valence-electron chi connectivity index (χ3n) is 3.35. The van der Waals surface area contributed by atoms with Gasteiger partial charge in [0.25, 0.3) is 5.88 Å². The lowest BCUT2D eigenvalue weighted by atomic mass is 10.2. The van der Waals surface area contributed by atoms with Gasteiger partial charge in [-0.2, -0.15) is 4.98 Å². The van der Waals surface area contributed by atoms with Gasteiger partial charge in [0.1, 0.15) is 5.82 Å². The molecule has 28 heavy (non-hydrogen) atoms. The van der Waals surface area contributed by atoms with Crippen LogP contribution >= 0.6 is 15.9 Å². The highest BCUT2D eigenvalue weighted by Crippen LogP contribution is 2.34. The first-order chi connectivity index (χ1) is 13.3. The van der Waals surface area contributed by atoms with Crippen LogP contribution in [-0.4, -0.2) is 46.8 Å². The molecule has 148 valence electrons. The Morgan fingerprint density at radius 3 is 2.64 bits per heavy atom. The Hall–Kier alpha value is -3.41. The largest absolute Gasteiger partial charge is 0.493 e. The van der Waals surface area contributed by atoms with Crippen molar-refractivity contribution in [3.8, 4) is 17.4 Å². The van der Waals surface area contributed by atoms with Crippen LogP contribution < -0.4 is 15.0 Å². The number of aromatic hydroxyl groups is 1. The van der Waals surface area contributed by atoms with E-state index in [9.17, 15) is 24.8 Å². The van der Waals surface area contributed by atoms with Gasteiger partial charge in [-0.3, -0.25) is 14.9 Å². The molecule has 0 atom stereocenters. The molecule has 2 rings (SSSR count). The summed E-state index contributed by atoms with van der Waals surface area (Å²) in [4.78, 5) is 38.3. The number of carbonyl (C=O) groups is 1. The van der Waals surface area contributed by atoms with Gasteiger partial charge in [-0.1, -0.05) is 22.0 Å². The number of ether oxygens (including phenoxy) is 3. The van der Waals surface area contributed by atoms with Gasteiger partial charge in [-0.05, 0) is 23.8 Å². The molecule has 0 aliphatic rings. The van der Waals surface area contributed by atoms with Crippen LogP contribution in [-0.2, 0) is 9.53 Å². The SMILES string of the molecule is COC(=O)COc1cc(Br)c(/C=C/c2nc(O)c([N+](=O)[O-])c(=O)[nH]2)cc1OC. The summed E-state index contributed by atoms with van der Waals surface area (Å²) in [5.74, 6) is -1.03. The van der Waals surface area contributed by atoms with Crippen molar-refractivity contribution in [3.63, 3.8) is 0 Å². The van der Waals surface area contributed by atoms with Crippen molar-refractivity contribution >= 4 is 39.7 Å². The second-order valence-corrected chi connectivity index (χ2v) is 5.96. The summed E-state index contributed by atoms with van der Waals surface area (Å²) in [5.41, 5.74) is -1.55. The molecule has 11 nitrogen and oxygen atoms in total. The van der Waals surface area contributed by atoms with E-state index in [0.717, 1.165) is 0 Å². The summed E-state index contributed by atoms with van der Waals surface area (Å²) in [7, 11) is 2.65. The van der Waals surface area contributed by atoms with E-state index in [1.165, 1.54) is 26.4 Å². The number of methoxy groups -OCH3 is 2. The molecule has 0 saturated carbocycles. The van der Waals surface area contributed by atoms with Gasteiger partial charge >= 0.3 is 17.2 Å². The quantitative estimate of drug-likeness (QED) is 0.361. The van der Waals surface area contributed by atoms with Crippen molar-refractivity contribution in [2.75, 3.05) is 20.8 Å². The zero-order valence-corrected chi connectivity index (χ0v) is 16.2. The van der Waals surface area contributed by atoms with E-state index in [-0.39, 0.29) is 18.2 Å². The number of benzene rings is 1. The number of carbonyl (C=O) groups excluding carboxylic acids is 1. The molecular weight excluding hydrogens is 442 g/mol. The Labute approximate surface area is 165 Å².